The predicted octanol–water partition coefficient (Wildman–Crippen LogP) is 2.61. The van der Waals surface area contributed by atoms with Crippen molar-refractivity contribution in [1.29, 1.82) is 0 Å². The van der Waals surface area contributed by atoms with E-state index in [2.05, 4.69) is 10.6 Å². The Morgan fingerprint density at radius 2 is 1.65 bits per heavy atom. The van der Waals surface area contributed by atoms with Crippen LogP contribution in [0.2, 0.25) is 0 Å². The van der Waals surface area contributed by atoms with E-state index in [1.165, 1.54) is 0 Å². The summed E-state index contributed by atoms with van der Waals surface area (Å²) in [4.78, 5) is 24.0. The molecule has 0 fully saturated rings. The van der Waals surface area contributed by atoms with Crippen LogP contribution in [0, 0.1) is 6.92 Å². The van der Waals surface area contributed by atoms with Gasteiger partial charge in [0.05, 0.1) is 11.3 Å². The van der Waals surface area contributed by atoms with Gasteiger partial charge in [-0.15, -0.1) is 0 Å². The number of anilines is 1. The minimum atomic E-state index is -0.236. The van der Waals surface area contributed by atoms with Gasteiger partial charge in [0.2, 0.25) is 0 Å². The van der Waals surface area contributed by atoms with Crippen molar-refractivity contribution in [2.75, 3.05) is 12.4 Å². The molecule has 2 amide bonds. The number of carbonyl (C=O) groups excluding carboxylic acids is 2. The molecular weight excluding hydrogens is 252 g/mol. The van der Waals surface area contributed by atoms with E-state index >= 15 is 0 Å². The lowest BCUT2D eigenvalue weighted by Crippen LogP contribution is -2.21. The monoisotopic (exact) mass is 268 g/mol. The van der Waals surface area contributed by atoms with Crippen LogP contribution < -0.4 is 10.6 Å². The lowest BCUT2D eigenvalue weighted by atomic mass is 10.1. The Morgan fingerprint density at radius 1 is 0.950 bits per heavy atom. The molecule has 0 spiro atoms. The molecule has 2 N–H and O–H groups in total. The number of carbonyl (C=O) groups is 2. The smallest absolute Gasteiger partial charge is 0.255 e. The molecule has 4 heteroatoms. The second-order valence-electron chi connectivity index (χ2n) is 4.45. The molecule has 102 valence electrons. The van der Waals surface area contributed by atoms with Crippen molar-refractivity contribution < 1.29 is 9.59 Å². The molecule has 2 aromatic rings. The van der Waals surface area contributed by atoms with Crippen molar-refractivity contribution in [3.63, 3.8) is 0 Å². The summed E-state index contributed by atoms with van der Waals surface area (Å²) in [6.45, 7) is 1.90. The topological polar surface area (TPSA) is 58.2 Å². The predicted molar refractivity (Wildman–Crippen MR) is 79.0 cm³/mol. The number of rotatable bonds is 3. The van der Waals surface area contributed by atoms with Crippen LogP contribution in [-0.2, 0) is 0 Å². The van der Waals surface area contributed by atoms with E-state index in [1.54, 1.807) is 43.4 Å². The summed E-state index contributed by atoms with van der Waals surface area (Å²) in [5, 5.41) is 5.34. The van der Waals surface area contributed by atoms with Gasteiger partial charge in [-0.2, -0.15) is 0 Å². The van der Waals surface area contributed by atoms with Gasteiger partial charge in [0.15, 0.2) is 0 Å². The Morgan fingerprint density at radius 3 is 2.30 bits per heavy atom. The molecule has 4 nitrogen and oxygen atoms in total. The van der Waals surface area contributed by atoms with Crippen molar-refractivity contribution >= 4 is 17.5 Å². The number of aryl methyl sites for hydroxylation is 1. The van der Waals surface area contributed by atoms with Gasteiger partial charge in [-0.1, -0.05) is 29.8 Å². The van der Waals surface area contributed by atoms with Gasteiger partial charge in [-0.05, 0) is 31.2 Å². The lowest BCUT2D eigenvalue weighted by molar-refractivity contribution is 0.0964. The van der Waals surface area contributed by atoms with E-state index in [9.17, 15) is 9.59 Å². The van der Waals surface area contributed by atoms with E-state index in [0.29, 0.717) is 16.8 Å². The summed E-state index contributed by atoms with van der Waals surface area (Å²) in [7, 11) is 1.56. The highest BCUT2D eigenvalue weighted by Crippen LogP contribution is 2.18. The van der Waals surface area contributed by atoms with Crippen LogP contribution in [0.3, 0.4) is 0 Å². The molecule has 0 atom stereocenters. The van der Waals surface area contributed by atoms with E-state index in [4.69, 9.17) is 0 Å². The second kappa shape index (κ2) is 6.02. The van der Waals surface area contributed by atoms with Crippen LogP contribution in [0.25, 0.3) is 0 Å². The Kier molecular flexibility index (Phi) is 4.15. The Labute approximate surface area is 117 Å². The fraction of sp³-hybridized carbons (Fsp3) is 0.125. The molecule has 0 aliphatic heterocycles. The van der Waals surface area contributed by atoms with Crippen molar-refractivity contribution in [3.8, 4) is 0 Å². The number of hydrogen-bond acceptors (Lipinski definition) is 2. The standard InChI is InChI=1S/C16H16N2O2/c1-11-8-9-14(13(10-11)16(20)17-2)18-15(19)12-6-4-3-5-7-12/h3-10H,1-2H3,(H,17,20)(H,18,19). The summed E-state index contributed by atoms with van der Waals surface area (Å²) < 4.78 is 0. The molecule has 0 aliphatic rings. The summed E-state index contributed by atoms with van der Waals surface area (Å²) in [5.74, 6) is -0.461. The molecule has 0 aliphatic carbocycles. The average molecular weight is 268 g/mol. The van der Waals surface area contributed by atoms with Gasteiger partial charge in [-0.25, -0.2) is 0 Å². The average Bonchev–Trinajstić information content (AvgIpc) is 2.49. The molecule has 0 saturated carbocycles. The van der Waals surface area contributed by atoms with Crippen molar-refractivity contribution in [2.24, 2.45) is 0 Å². The third-order valence-corrected chi connectivity index (χ3v) is 2.93. The maximum atomic E-state index is 12.1. The maximum Gasteiger partial charge on any atom is 0.255 e. The fourth-order valence-corrected chi connectivity index (χ4v) is 1.87. The molecule has 0 aromatic heterocycles. The number of nitrogens with one attached hydrogen (secondary N) is 2. The zero-order valence-corrected chi connectivity index (χ0v) is 11.4. The molecule has 2 aromatic carbocycles. The Hall–Kier alpha value is -2.62. The minimum Gasteiger partial charge on any atom is -0.355 e. The van der Waals surface area contributed by atoms with E-state index < -0.39 is 0 Å². The largest absolute Gasteiger partial charge is 0.355 e. The highest BCUT2D eigenvalue weighted by Gasteiger charge is 2.13. The third-order valence-electron chi connectivity index (χ3n) is 2.93. The van der Waals surface area contributed by atoms with Crippen LogP contribution in [0.1, 0.15) is 26.3 Å². The molecule has 0 bridgehead atoms. The molecule has 0 saturated heterocycles. The van der Waals surface area contributed by atoms with Gasteiger partial charge >= 0.3 is 0 Å². The summed E-state index contributed by atoms with van der Waals surface area (Å²) in [6, 6.07) is 14.2. The highest BCUT2D eigenvalue weighted by molar-refractivity contribution is 6.09. The summed E-state index contributed by atoms with van der Waals surface area (Å²) in [5.41, 5.74) is 2.47. The molecular formula is C16H16N2O2. The quantitative estimate of drug-likeness (QED) is 0.899. The van der Waals surface area contributed by atoms with Gasteiger partial charge in [0, 0.05) is 12.6 Å². The number of benzene rings is 2. The van der Waals surface area contributed by atoms with Crippen molar-refractivity contribution in [2.45, 2.75) is 6.92 Å². The first-order chi connectivity index (χ1) is 9.61. The van der Waals surface area contributed by atoms with Crippen LogP contribution in [0.5, 0.6) is 0 Å². The van der Waals surface area contributed by atoms with Gasteiger partial charge in [0.25, 0.3) is 11.8 Å². The molecule has 20 heavy (non-hydrogen) atoms. The highest BCUT2D eigenvalue weighted by atomic mass is 16.2. The van der Waals surface area contributed by atoms with Crippen LogP contribution >= 0.6 is 0 Å². The number of amides is 2. The maximum absolute atomic E-state index is 12.1. The van der Waals surface area contributed by atoms with Crippen molar-refractivity contribution in [3.05, 3.63) is 65.2 Å². The molecule has 0 radical (unpaired) electrons. The first kappa shape index (κ1) is 13.8. The SMILES string of the molecule is CNC(=O)c1cc(C)ccc1NC(=O)c1ccccc1. The molecule has 0 heterocycles. The molecule has 2 rings (SSSR count). The Bertz CT molecular complexity index is 636. The summed E-state index contributed by atoms with van der Waals surface area (Å²) in [6.07, 6.45) is 0. The minimum absolute atomic E-state index is 0.225. The zero-order chi connectivity index (χ0) is 14.5. The number of hydrogen-bond donors (Lipinski definition) is 2. The Balaban J connectivity index is 2.30. The van der Waals surface area contributed by atoms with E-state index in [-0.39, 0.29) is 11.8 Å². The first-order valence-corrected chi connectivity index (χ1v) is 6.31. The van der Waals surface area contributed by atoms with Gasteiger partial charge in [0.1, 0.15) is 0 Å². The third kappa shape index (κ3) is 3.03. The van der Waals surface area contributed by atoms with Gasteiger partial charge in [-0.3, -0.25) is 9.59 Å². The van der Waals surface area contributed by atoms with Crippen molar-refractivity contribution in [1.82, 2.24) is 5.32 Å². The summed E-state index contributed by atoms with van der Waals surface area (Å²) >= 11 is 0. The van der Waals surface area contributed by atoms with E-state index in [0.717, 1.165) is 5.56 Å². The zero-order valence-electron chi connectivity index (χ0n) is 11.4. The van der Waals surface area contributed by atoms with Gasteiger partial charge < -0.3 is 10.6 Å². The van der Waals surface area contributed by atoms with Crippen LogP contribution in [0.15, 0.2) is 48.5 Å². The normalized spacial score (nSPS) is 9.90. The second-order valence-corrected chi connectivity index (χ2v) is 4.45. The first-order valence-electron chi connectivity index (χ1n) is 6.31. The fourth-order valence-electron chi connectivity index (χ4n) is 1.87. The van der Waals surface area contributed by atoms with Crippen LogP contribution in [0.4, 0.5) is 5.69 Å². The lowest BCUT2D eigenvalue weighted by Gasteiger charge is -2.11. The van der Waals surface area contributed by atoms with Crippen LogP contribution in [-0.4, -0.2) is 18.9 Å². The molecule has 0 unspecified atom stereocenters. The van der Waals surface area contributed by atoms with E-state index in [1.807, 2.05) is 19.1 Å².